The molecule has 0 amide bonds. The Labute approximate surface area is 158 Å². The lowest BCUT2D eigenvalue weighted by atomic mass is 10.1. The maximum absolute atomic E-state index is 5.56. The maximum Gasteiger partial charge on any atom is 0.150 e. The SMILES string of the molecule is CCNc1ncnc2c1c(-c1ccccc1)cn2-c1ccc(OCC)cc1. The minimum Gasteiger partial charge on any atom is -0.494 e. The third-order valence-electron chi connectivity index (χ3n) is 4.44. The van der Waals surface area contributed by atoms with Gasteiger partial charge in [-0.15, -0.1) is 0 Å². The predicted octanol–water partition coefficient (Wildman–Crippen LogP) is 4.92. The number of benzene rings is 2. The summed E-state index contributed by atoms with van der Waals surface area (Å²) in [6.07, 6.45) is 3.74. The molecule has 2 heterocycles. The van der Waals surface area contributed by atoms with Gasteiger partial charge in [-0.3, -0.25) is 0 Å². The maximum atomic E-state index is 5.56. The summed E-state index contributed by atoms with van der Waals surface area (Å²) >= 11 is 0. The molecule has 0 atom stereocenters. The van der Waals surface area contributed by atoms with Gasteiger partial charge in [-0.05, 0) is 43.7 Å². The standard InChI is InChI=1S/C22H22N4O/c1-3-23-21-20-19(16-8-6-5-7-9-16)14-26(22(20)25-15-24-21)17-10-12-18(13-11-17)27-4-2/h5-15H,3-4H2,1-2H3,(H,23,24,25). The van der Waals surface area contributed by atoms with E-state index in [0.29, 0.717) is 6.61 Å². The molecule has 2 aromatic heterocycles. The fourth-order valence-corrected chi connectivity index (χ4v) is 3.27. The van der Waals surface area contributed by atoms with Crippen molar-refractivity contribution in [1.82, 2.24) is 14.5 Å². The van der Waals surface area contributed by atoms with Gasteiger partial charge in [0, 0.05) is 24.0 Å². The largest absolute Gasteiger partial charge is 0.494 e. The van der Waals surface area contributed by atoms with Crippen molar-refractivity contribution in [2.75, 3.05) is 18.5 Å². The minimum atomic E-state index is 0.656. The molecule has 0 fully saturated rings. The van der Waals surface area contributed by atoms with Crippen LogP contribution in [0.15, 0.2) is 67.1 Å². The number of rotatable bonds is 6. The van der Waals surface area contributed by atoms with E-state index in [-0.39, 0.29) is 0 Å². The van der Waals surface area contributed by atoms with Gasteiger partial charge in [0.1, 0.15) is 17.9 Å². The molecule has 0 aliphatic carbocycles. The van der Waals surface area contributed by atoms with Crippen LogP contribution in [0.2, 0.25) is 0 Å². The molecule has 27 heavy (non-hydrogen) atoms. The summed E-state index contributed by atoms with van der Waals surface area (Å²) in [5.41, 5.74) is 4.16. The van der Waals surface area contributed by atoms with Crippen molar-refractivity contribution in [1.29, 1.82) is 0 Å². The molecule has 2 aromatic carbocycles. The second-order valence-corrected chi connectivity index (χ2v) is 6.16. The van der Waals surface area contributed by atoms with Crippen molar-refractivity contribution < 1.29 is 4.74 Å². The molecule has 5 nitrogen and oxygen atoms in total. The Morgan fingerprint density at radius 1 is 0.963 bits per heavy atom. The minimum absolute atomic E-state index is 0.656. The molecule has 0 saturated heterocycles. The molecule has 0 aliphatic rings. The number of hydrogen-bond donors (Lipinski definition) is 1. The van der Waals surface area contributed by atoms with Crippen LogP contribution in [-0.4, -0.2) is 27.7 Å². The number of nitrogens with zero attached hydrogens (tertiary/aromatic N) is 3. The molecule has 1 N–H and O–H groups in total. The Bertz CT molecular complexity index is 1040. The molecule has 0 saturated carbocycles. The van der Waals surface area contributed by atoms with Crippen LogP contribution < -0.4 is 10.1 Å². The molecule has 136 valence electrons. The highest BCUT2D eigenvalue weighted by Crippen LogP contribution is 2.35. The number of aromatic nitrogens is 3. The van der Waals surface area contributed by atoms with Crippen LogP contribution in [0.4, 0.5) is 5.82 Å². The highest BCUT2D eigenvalue weighted by atomic mass is 16.5. The monoisotopic (exact) mass is 358 g/mol. The normalized spacial score (nSPS) is 10.9. The molecule has 0 bridgehead atoms. The fraction of sp³-hybridized carbons (Fsp3) is 0.182. The third-order valence-corrected chi connectivity index (χ3v) is 4.44. The molecule has 4 aromatic rings. The highest BCUT2D eigenvalue weighted by molar-refractivity contribution is 6.02. The van der Waals surface area contributed by atoms with Gasteiger partial charge in [0.2, 0.25) is 0 Å². The summed E-state index contributed by atoms with van der Waals surface area (Å²) in [7, 11) is 0. The van der Waals surface area contributed by atoms with E-state index in [0.717, 1.165) is 46.0 Å². The Hall–Kier alpha value is -3.34. The van der Waals surface area contributed by atoms with Crippen LogP contribution in [0.5, 0.6) is 5.75 Å². The van der Waals surface area contributed by atoms with E-state index in [1.54, 1.807) is 6.33 Å². The Morgan fingerprint density at radius 2 is 1.74 bits per heavy atom. The van der Waals surface area contributed by atoms with Gasteiger partial charge in [0.25, 0.3) is 0 Å². The van der Waals surface area contributed by atoms with Crippen LogP contribution in [0.25, 0.3) is 27.8 Å². The zero-order chi connectivity index (χ0) is 18.6. The van der Waals surface area contributed by atoms with Gasteiger partial charge >= 0.3 is 0 Å². The number of ether oxygens (including phenoxy) is 1. The molecule has 5 heteroatoms. The van der Waals surface area contributed by atoms with Gasteiger partial charge in [-0.1, -0.05) is 30.3 Å². The van der Waals surface area contributed by atoms with Crippen LogP contribution in [0.1, 0.15) is 13.8 Å². The summed E-state index contributed by atoms with van der Waals surface area (Å²) in [5, 5.41) is 4.39. The topological polar surface area (TPSA) is 52.0 Å². The second kappa shape index (κ2) is 7.50. The lowest BCUT2D eigenvalue weighted by Crippen LogP contribution is -2.01. The Balaban J connectivity index is 1.92. The van der Waals surface area contributed by atoms with Gasteiger partial charge in [-0.2, -0.15) is 0 Å². The van der Waals surface area contributed by atoms with Crippen LogP contribution >= 0.6 is 0 Å². The first-order chi connectivity index (χ1) is 13.3. The molecular formula is C22H22N4O. The smallest absolute Gasteiger partial charge is 0.150 e. The van der Waals surface area contributed by atoms with Crippen molar-refractivity contribution in [2.24, 2.45) is 0 Å². The van der Waals surface area contributed by atoms with Gasteiger partial charge in [0.15, 0.2) is 5.65 Å². The summed E-state index contributed by atoms with van der Waals surface area (Å²) < 4.78 is 7.67. The van der Waals surface area contributed by atoms with E-state index in [9.17, 15) is 0 Å². The summed E-state index contributed by atoms with van der Waals surface area (Å²) in [5.74, 6) is 1.72. The number of fused-ring (bicyclic) bond motifs is 1. The second-order valence-electron chi connectivity index (χ2n) is 6.16. The fourth-order valence-electron chi connectivity index (χ4n) is 3.27. The highest BCUT2D eigenvalue weighted by Gasteiger charge is 2.17. The van der Waals surface area contributed by atoms with E-state index < -0.39 is 0 Å². The summed E-state index contributed by atoms with van der Waals surface area (Å²) in [4.78, 5) is 9.06. The molecule has 0 radical (unpaired) electrons. The van der Waals surface area contributed by atoms with Crippen molar-refractivity contribution >= 4 is 16.9 Å². The average molecular weight is 358 g/mol. The first-order valence-corrected chi connectivity index (χ1v) is 9.20. The van der Waals surface area contributed by atoms with Crippen LogP contribution in [-0.2, 0) is 0 Å². The number of nitrogens with one attached hydrogen (secondary N) is 1. The van der Waals surface area contributed by atoms with Gasteiger partial charge in [-0.25, -0.2) is 9.97 Å². The van der Waals surface area contributed by atoms with E-state index in [4.69, 9.17) is 4.74 Å². The van der Waals surface area contributed by atoms with Gasteiger partial charge < -0.3 is 14.6 Å². The number of anilines is 1. The van der Waals surface area contributed by atoms with Crippen molar-refractivity contribution in [3.8, 4) is 22.6 Å². The van der Waals surface area contributed by atoms with Gasteiger partial charge in [0.05, 0.1) is 12.0 Å². The van der Waals surface area contributed by atoms with Crippen molar-refractivity contribution in [3.63, 3.8) is 0 Å². The van der Waals surface area contributed by atoms with Crippen molar-refractivity contribution in [3.05, 3.63) is 67.1 Å². The first kappa shape index (κ1) is 17.1. The lowest BCUT2D eigenvalue weighted by Gasteiger charge is -2.08. The van der Waals surface area contributed by atoms with Crippen molar-refractivity contribution in [2.45, 2.75) is 13.8 Å². The average Bonchev–Trinajstić information content (AvgIpc) is 3.11. The van der Waals surface area contributed by atoms with E-state index in [2.05, 4.69) is 45.1 Å². The summed E-state index contributed by atoms with van der Waals surface area (Å²) in [6, 6.07) is 18.4. The molecular weight excluding hydrogens is 336 g/mol. The third kappa shape index (κ3) is 3.24. The van der Waals surface area contributed by atoms with Crippen LogP contribution in [0.3, 0.4) is 0 Å². The molecule has 0 spiro atoms. The van der Waals surface area contributed by atoms with E-state index in [1.165, 1.54) is 0 Å². The Kier molecular flexibility index (Phi) is 4.75. The first-order valence-electron chi connectivity index (χ1n) is 9.20. The zero-order valence-corrected chi connectivity index (χ0v) is 15.5. The Morgan fingerprint density at radius 3 is 2.44 bits per heavy atom. The molecule has 0 unspecified atom stereocenters. The molecule has 4 rings (SSSR count). The molecule has 0 aliphatic heterocycles. The zero-order valence-electron chi connectivity index (χ0n) is 15.5. The van der Waals surface area contributed by atoms with E-state index in [1.807, 2.05) is 49.4 Å². The quantitative estimate of drug-likeness (QED) is 0.532. The number of hydrogen-bond acceptors (Lipinski definition) is 4. The predicted molar refractivity (Wildman–Crippen MR) is 110 cm³/mol. The summed E-state index contributed by atoms with van der Waals surface area (Å²) in [6.45, 7) is 5.51. The lowest BCUT2D eigenvalue weighted by molar-refractivity contribution is 0.340. The van der Waals surface area contributed by atoms with Crippen LogP contribution in [0, 0.1) is 0 Å². The van der Waals surface area contributed by atoms with E-state index >= 15 is 0 Å².